The van der Waals surface area contributed by atoms with Gasteiger partial charge in [0.25, 0.3) is 0 Å². The van der Waals surface area contributed by atoms with Crippen molar-refractivity contribution in [3.05, 3.63) is 29.8 Å². The number of rotatable bonds is 10. The van der Waals surface area contributed by atoms with Gasteiger partial charge in [0, 0.05) is 18.2 Å². The van der Waals surface area contributed by atoms with Crippen LogP contribution in [0.25, 0.3) is 0 Å². The van der Waals surface area contributed by atoms with Gasteiger partial charge in [-0.25, -0.2) is 0 Å². The lowest BCUT2D eigenvalue weighted by Gasteiger charge is -2.58. The van der Waals surface area contributed by atoms with Crippen LogP contribution in [0.1, 0.15) is 118 Å². The third-order valence-electron chi connectivity index (χ3n) is 12.4. The van der Waals surface area contributed by atoms with Crippen LogP contribution in [0.2, 0.25) is 0 Å². The molecule has 4 aliphatic rings. The van der Waals surface area contributed by atoms with Gasteiger partial charge in [0.05, 0.1) is 18.5 Å². The standard InChI is InChI=1S/C37H56N2O4/c1-23(2)7-6-8-24(3)29-12-13-30-28-11-9-25-21-27(17-19-36(25,4)31(28)18-20-37(29,30)5)42-34(40)15-16-35(41)43-33-22-26(38)10-14-32(33)39/h9-10,14,22-24,27-31H,6-8,11-13,15-21,38-39H2,1-5H3. The van der Waals surface area contributed by atoms with Crippen molar-refractivity contribution in [2.45, 2.75) is 124 Å². The van der Waals surface area contributed by atoms with Crippen LogP contribution >= 0.6 is 0 Å². The number of carbonyl (C=O) groups is 2. The highest BCUT2D eigenvalue weighted by Crippen LogP contribution is 2.67. The molecule has 0 radical (unpaired) electrons. The number of anilines is 2. The number of carbonyl (C=O) groups excluding carboxylic acids is 2. The number of allylic oxidation sites excluding steroid dienone is 1. The van der Waals surface area contributed by atoms with Gasteiger partial charge in [0.1, 0.15) is 6.10 Å². The van der Waals surface area contributed by atoms with Gasteiger partial charge in [0.15, 0.2) is 5.75 Å². The van der Waals surface area contributed by atoms with Crippen LogP contribution in [-0.4, -0.2) is 18.0 Å². The zero-order chi connectivity index (χ0) is 30.9. The van der Waals surface area contributed by atoms with Gasteiger partial charge < -0.3 is 20.9 Å². The summed E-state index contributed by atoms with van der Waals surface area (Å²) in [7, 11) is 0. The van der Waals surface area contributed by atoms with Crippen LogP contribution in [0, 0.1) is 46.3 Å². The Hall–Kier alpha value is -2.50. The molecule has 4 N–H and O–H groups in total. The Balaban J connectivity index is 1.14. The van der Waals surface area contributed by atoms with Crippen molar-refractivity contribution in [2.24, 2.45) is 46.3 Å². The Bertz CT molecular complexity index is 1210. The number of fused-ring (bicyclic) bond motifs is 5. The molecule has 8 atom stereocenters. The average Bonchev–Trinajstić information content (AvgIpc) is 3.31. The summed E-state index contributed by atoms with van der Waals surface area (Å²) in [6, 6.07) is 4.76. The minimum atomic E-state index is -0.519. The fraction of sp³-hybridized carbons (Fsp3) is 0.730. The molecule has 0 saturated heterocycles. The predicted molar refractivity (Wildman–Crippen MR) is 173 cm³/mol. The second kappa shape index (κ2) is 12.9. The smallest absolute Gasteiger partial charge is 0.311 e. The topological polar surface area (TPSA) is 105 Å². The van der Waals surface area contributed by atoms with Gasteiger partial charge >= 0.3 is 11.9 Å². The summed E-state index contributed by atoms with van der Waals surface area (Å²) in [5, 5.41) is 0. The monoisotopic (exact) mass is 592 g/mol. The van der Waals surface area contributed by atoms with Crippen LogP contribution < -0.4 is 16.2 Å². The Morgan fingerprint density at radius 2 is 1.72 bits per heavy atom. The number of nitrogen functional groups attached to an aromatic ring is 2. The summed E-state index contributed by atoms with van der Waals surface area (Å²) in [6.45, 7) is 12.4. The molecule has 8 unspecified atom stereocenters. The lowest BCUT2D eigenvalue weighted by Crippen LogP contribution is -2.51. The number of esters is 2. The first-order valence-corrected chi connectivity index (χ1v) is 17.2. The molecule has 1 aromatic rings. The van der Waals surface area contributed by atoms with Gasteiger partial charge in [-0.05, 0) is 103 Å². The molecule has 238 valence electrons. The highest BCUT2D eigenvalue weighted by molar-refractivity contribution is 5.80. The number of benzene rings is 1. The van der Waals surface area contributed by atoms with Crippen molar-refractivity contribution >= 4 is 23.3 Å². The van der Waals surface area contributed by atoms with Gasteiger partial charge in [-0.3, -0.25) is 9.59 Å². The molecule has 4 aliphatic carbocycles. The van der Waals surface area contributed by atoms with Crippen molar-refractivity contribution < 1.29 is 19.1 Å². The maximum absolute atomic E-state index is 12.7. The van der Waals surface area contributed by atoms with E-state index in [1.807, 2.05) is 0 Å². The fourth-order valence-corrected chi connectivity index (χ4v) is 10.0. The van der Waals surface area contributed by atoms with E-state index in [1.165, 1.54) is 63.0 Å². The molecule has 0 heterocycles. The van der Waals surface area contributed by atoms with Gasteiger partial charge in [-0.1, -0.05) is 65.5 Å². The molecule has 6 nitrogen and oxygen atoms in total. The van der Waals surface area contributed by atoms with E-state index in [1.54, 1.807) is 12.1 Å². The van der Waals surface area contributed by atoms with E-state index in [2.05, 4.69) is 40.7 Å². The molecule has 0 spiro atoms. The maximum atomic E-state index is 12.7. The summed E-state index contributed by atoms with van der Waals surface area (Å²) in [6.07, 6.45) is 16.0. The van der Waals surface area contributed by atoms with Crippen LogP contribution in [0.3, 0.4) is 0 Å². The second-order valence-corrected chi connectivity index (χ2v) is 15.4. The van der Waals surface area contributed by atoms with E-state index in [0.717, 1.165) is 54.8 Å². The van der Waals surface area contributed by atoms with Crippen molar-refractivity contribution in [2.75, 3.05) is 11.5 Å². The molecular weight excluding hydrogens is 536 g/mol. The Morgan fingerprint density at radius 3 is 2.49 bits per heavy atom. The van der Waals surface area contributed by atoms with E-state index < -0.39 is 5.97 Å². The molecular formula is C37H56N2O4. The van der Waals surface area contributed by atoms with E-state index in [0.29, 0.717) is 16.8 Å². The van der Waals surface area contributed by atoms with Crippen molar-refractivity contribution in [1.82, 2.24) is 0 Å². The SMILES string of the molecule is CC(C)CCCC(C)C1CCC2C3CC=C4CC(OC(=O)CCC(=O)Oc5cc(N)ccc5N)CCC4(C)C3CCC12C. The van der Waals surface area contributed by atoms with Crippen molar-refractivity contribution in [1.29, 1.82) is 0 Å². The molecule has 3 saturated carbocycles. The minimum Gasteiger partial charge on any atom is -0.462 e. The maximum Gasteiger partial charge on any atom is 0.311 e. The number of hydrogen-bond donors (Lipinski definition) is 2. The molecule has 0 aliphatic heterocycles. The summed E-state index contributed by atoms with van der Waals surface area (Å²) < 4.78 is 11.2. The van der Waals surface area contributed by atoms with E-state index in [-0.39, 0.29) is 36.1 Å². The minimum absolute atomic E-state index is 0.00408. The quantitative estimate of drug-likeness (QED) is 0.122. The number of hydrogen-bond acceptors (Lipinski definition) is 6. The fourth-order valence-electron chi connectivity index (χ4n) is 10.0. The lowest BCUT2D eigenvalue weighted by atomic mass is 9.47. The summed E-state index contributed by atoms with van der Waals surface area (Å²) in [5.74, 6) is 4.25. The highest BCUT2D eigenvalue weighted by Gasteiger charge is 2.59. The molecule has 43 heavy (non-hydrogen) atoms. The second-order valence-electron chi connectivity index (χ2n) is 15.4. The third-order valence-corrected chi connectivity index (χ3v) is 12.4. The zero-order valence-corrected chi connectivity index (χ0v) is 27.3. The third kappa shape index (κ3) is 6.63. The molecule has 0 bridgehead atoms. The highest BCUT2D eigenvalue weighted by atomic mass is 16.5. The van der Waals surface area contributed by atoms with E-state index >= 15 is 0 Å². The first-order valence-electron chi connectivity index (χ1n) is 17.2. The number of nitrogens with two attached hydrogens (primary N) is 2. The Kier molecular flexibility index (Phi) is 9.54. The average molecular weight is 593 g/mol. The summed E-state index contributed by atoms with van der Waals surface area (Å²) >= 11 is 0. The van der Waals surface area contributed by atoms with E-state index in [4.69, 9.17) is 20.9 Å². The summed E-state index contributed by atoms with van der Waals surface area (Å²) in [5.41, 5.74) is 14.6. The summed E-state index contributed by atoms with van der Waals surface area (Å²) in [4.78, 5) is 25.0. The lowest BCUT2D eigenvalue weighted by molar-refractivity contribution is -0.153. The van der Waals surface area contributed by atoms with Crippen LogP contribution in [-0.2, 0) is 14.3 Å². The molecule has 6 heteroatoms. The van der Waals surface area contributed by atoms with Crippen molar-refractivity contribution in [3.63, 3.8) is 0 Å². The molecule has 0 aromatic heterocycles. The Labute approximate surface area is 259 Å². The van der Waals surface area contributed by atoms with Crippen LogP contribution in [0.15, 0.2) is 29.8 Å². The van der Waals surface area contributed by atoms with Gasteiger partial charge in [0.2, 0.25) is 0 Å². The molecule has 5 rings (SSSR count). The Morgan fingerprint density at radius 1 is 0.953 bits per heavy atom. The van der Waals surface area contributed by atoms with Crippen LogP contribution in [0.5, 0.6) is 5.75 Å². The largest absolute Gasteiger partial charge is 0.462 e. The molecule has 3 fully saturated rings. The predicted octanol–water partition coefficient (Wildman–Crippen LogP) is 8.49. The zero-order valence-electron chi connectivity index (χ0n) is 27.3. The van der Waals surface area contributed by atoms with Gasteiger partial charge in [-0.2, -0.15) is 0 Å². The molecule has 1 aromatic carbocycles. The number of ether oxygens (including phenoxy) is 2. The van der Waals surface area contributed by atoms with Gasteiger partial charge in [-0.15, -0.1) is 0 Å². The van der Waals surface area contributed by atoms with Crippen LogP contribution in [0.4, 0.5) is 11.4 Å². The van der Waals surface area contributed by atoms with Crippen molar-refractivity contribution in [3.8, 4) is 5.75 Å². The normalized spacial score (nSPS) is 34.0. The molecule has 0 amide bonds. The first-order chi connectivity index (χ1) is 20.4. The van der Waals surface area contributed by atoms with E-state index in [9.17, 15) is 9.59 Å². The first kappa shape index (κ1) is 31.9.